The first-order valence-electron chi connectivity index (χ1n) is 7.21. The van der Waals surface area contributed by atoms with E-state index in [1.54, 1.807) is 0 Å². The number of aryl methyl sites for hydroxylation is 1. The highest BCUT2D eigenvalue weighted by Gasteiger charge is 2.19. The molecule has 0 bridgehead atoms. The summed E-state index contributed by atoms with van der Waals surface area (Å²) in [7, 11) is 0. The zero-order valence-electron chi connectivity index (χ0n) is 11.4. The number of hydrogen-bond acceptors (Lipinski definition) is 2. The van der Waals surface area contributed by atoms with Crippen LogP contribution < -0.4 is 5.32 Å². The van der Waals surface area contributed by atoms with E-state index in [4.69, 9.17) is 0 Å². The fraction of sp³-hybridized carbons (Fsp3) is 0.438. The van der Waals surface area contributed by atoms with Crippen molar-refractivity contribution in [3.05, 3.63) is 41.9 Å². The topological polar surface area (TPSA) is 40.7 Å². The lowest BCUT2D eigenvalue weighted by Crippen LogP contribution is -2.08. The summed E-state index contributed by atoms with van der Waals surface area (Å²) >= 11 is 0. The molecule has 3 heteroatoms. The maximum absolute atomic E-state index is 4.54. The molecule has 1 fully saturated rings. The van der Waals surface area contributed by atoms with E-state index in [1.165, 1.54) is 24.0 Å². The van der Waals surface area contributed by atoms with Crippen molar-refractivity contribution in [3.63, 3.8) is 0 Å². The van der Waals surface area contributed by atoms with E-state index in [0.29, 0.717) is 5.92 Å². The molecule has 0 saturated carbocycles. The Kier molecular flexibility index (Phi) is 3.65. The van der Waals surface area contributed by atoms with Crippen LogP contribution in [0, 0.1) is 0 Å². The number of rotatable bonds is 4. The summed E-state index contributed by atoms with van der Waals surface area (Å²) in [5.74, 6) is 1.67. The first kappa shape index (κ1) is 12.4. The number of imidazole rings is 1. The summed E-state index contributed by atoms with van der Waals surface area (Å²) in [5.41, 5.74) is 3.76. The molecule has 1 aliphatic heterocycles. The van der Waals surface area contributed by atoms with Crippen molar-refractivity contribution >= 4 is 0 Å². The van der Waals surface area contributed by atoms with Crippen LogP contribution in [0.15, 0.2) is 30.5 Å². The van der Waals surface area contributed by atoms with Gasteiger partial charge in [-0.1, -0.05) is 37.6 Å². The minimum Gasteiger partial charge on any atom is -0.342 e. The summed E-state index contributed by atoms with van der Waals surface area (Å²) in [6.45, 7) is 4.36. The maximum atomic E-state index is 4.54. The van der Waals surface area contributed by atoms with Crippen molar-refractivity contribution in [2.45, 2.75) is 32.1 Å². The summed E-state index contributed by atoms with van der Waals surface area (Å²) in [6, 6.07) is 8.82. The van der Waals surface area contributed by atoms with Gasteiger partial charge in [0.2, 0.25) is 0 Å². The van der Waals surface area contributed by atoms with Gasteiger partial charge in [0.05, 0.1) is 11.9 Å². The Balaban J connectivity index is 1.77. The smallest absolute Gasteiger partial charge is 0.110 e. The zero-order valence-corrected chi connectivity index (χ0v) is 11.4. The van der Waals surface area contributed by atoms with Crippen LogP contribution in [0.1, 0.15) is 37.1 Å². The van der Waals surface area contributed by atoms with Gasteiger partial charge in [-0.2, -0.15) is 0 Å². The molecular formula is C16H21N3. The van der Waals surface area contributed by atoms with Gasteiger partial charge in [0.25, 0.3) is 0 Å². The van der Waals surface area contributed by atoms with Crippen molar-refractivity contribution < 1.29 is 0 Å². The predicted octanol–water partition coefficient (Wildman–Crippen LogP) is 3.11. The molecule has 1 saturated heterocycles. The van der Waals surface area contributed by atoms with Gasteiger partial charge in [-0.15, -0.1) is 0 Å². The SMILES string of the molecule is CCCc1ccc(-c2cnc(C3CCNC3)[nH]2)cc1. The number of H-pyrrole nitrogens is 1. The summed E-state index contributed by atoms with van der Waals surface area (Å²) in [5, 5.41) is 3.38. The second-order valence-electron chi connectivity index (χ2n) is 5.32. The molecule has 0 spiro atoms. The third kappa shape index (κ3) is 2.71. The highest BCUT2D eigenvalue weighted by molar-refractivity contribution is 5.58. The minimum absolute atomic E-state index is 0.549. The molecule has 2 aromatic rings. The van der Waals surface area contributed by atoms with Gasteiger partial charge in [0.15, 0.2) is 0 Å². The number of nitrogens with one attached hydrogen (secondary N) is 2. The minimum atomic E-state index is 0.549. The molecule has 1 aromatic heterocycles. The lowest BCUT2D eigenvalue weighted by molar-refractivity contribution is 0.715. The third-order valence-corrected chi connectivity index (χ3v) is 3.85. The molecule has 3 nitrogen and oxygen atoms in total. The lowest BCUT2D eigenvalue weighted by Gasteiger charge is -2.04. The number of hydrogen-bond donors (Lipinski definition) is 2. The standard InChI is InChI=1S/C16H21N3/c1-2-3-12-4-6-13(7-5-12)15-11-18-16(19-15)14-8-9-17-10-14/h4-7,11,14,17H,2-3,8-10H2,1H3,(H,18,19). The van der Waals surface area contributed by atoms with Crippen molar-refractivity contribution in [1.82, 2.24) is 15.3 Å². The molecule has 1 atom stereocenters. The van der Waals surface area contributed by atoms with Crippen LogP contribution in [0.3, 0.4) is 0 Å². The Morgan fingerprint density at radius 3 is 2.79 bits per heavy atom. The van der Waals surface area contributed by atoms with Gasteiger partial charge in [-0.05, 0) is 30.5 Å². The number of nitrogens with zero attached hydrogens (tertiary/aromatic N) is 1. The molecule has 100 valence electrons. The van der Waals surface area contributed by atoms with E-state index >= 15 is 0 Å². The van der Waals surface area contributed by atoms with Crippen molar-refractivity contribution in [2.75, 3.05) is 13.1 Å². The van der Waals surface area contributed by atoms with E-state index in [1.807, 2.05) is 6.20 Å². The highest BCUT2D eigenvalue weighted by Crippen LogP contribution is 2.24. The van der Waals surface area contributed by atoms with Crippen LogP contribution in [0.25, 0.3) is 11.3 Å². The van der Waals surface area contributed by atoms with E-state index in [2.05, 4.69) is 46.5 Å². The first-order chi connectivity index (χ1) is 9.36. The third-order valence-electron chi connectivity index (χ3n) is 3.85. The molecule has 1 aliphatic rings. The number of aromatic amines is 1. The largest absolute Gasteiger partial charge is 0.342 e. The van der Waals surface area contributed by atoms with Gasteiger partial charge < -0.3 is 10.3 Å². The summed E-state index contributed by atoms with van der Waals surface area (Å²) in [6.07, 6.45) is 5.50. The molecule has 3 rings (SSSR count). The predicted molar refractivity (Wildman–Crippen MR) is 78.2 cm³/mol. The monoisotopic (exact) mass is 255 g/mol. The highest BCUT2D eigenvalue weighted by atomic mass is 15.0. The number of aromatic nitrogens is 2. The second kappa shape index (κ2) is 5.57. The molecule has 1 aromatic carbocycles. The van der Waals surface area contributed by atoms with Gasteiger partial charge in [-0.25, -0.2) is 4.98 Å². The number of benzene rings is 1. The first-order valence-corrected chi connectivity index (χ1v) is 7.21. The molecule has 0 amide bonds. The van der Waals surface area contributed by atoms with Crippen LogP contribution in [0.2, 0.25) is 0 Å². The van der Waals surface area contributed by atoms with Crippen LogP contribution >= 0.6 is 0 Å². The molecule has 19 heavy (non-hydrogen) atoms. The Morgan fingerprint density at radius 2 is 2.11 bits per heavy atom. The zero-order chi connectivity index (χ0) is 13.1. The summed E-state index contributed by atoms with van der Waals surface area (Å²) < 4.78 is 0. The van der Waals surface area contributed by atoms with Crippen molar-refractivity contribution in [3.8, 4) is 11.3 Å². The Morgan fingerprint density at radius 1 is 1.26 bits per heavy atom. The van der Waals surface area contributed by atoms with E-state index in [9.17, 15) is 0 Å². The van der Waals surface area contributed by atoms with Crippen LogP contribution in [0.4, 0.5) is 0 Å². The fourth-order valence-electron chi connectivity index (χ4n) is 2.72. The molecule has 2 heterocycles. The molecule has 0 aliphatic carbocycles. The van der Waals surface area contributed by atoms with Gasteiger partial charge >= 0.3 is 0 Å². The van der Waals surface area contributed by atoms with Crippen LogP contribution in [-0.4, -0.2) is 23.1 Å². The van der Waals surface area contributed by atoms with Crippen molar-refractivity contribution in [1.29, 1.82) is 0 Å². The van der Waals surface area contributed by atoms with E-state index in [-0.39, 0.29) is 0 Å². The Labute approximate surface area is 114 Å². The quantitative estimate of drug-likeness (QED) is 0.881. The van der Waals surface area contributed by atoms with Gasteiger partial charge in [-0.3, -0.25) is 0 Å². The average Bonchev–Trinajstić information content (AvgIpc) is 3.11. The van der Waals surface area contributed by atoms with E-state index in [0.717, 1.165) is 31.0 Å². The normalized spacial score (nSPS) is 18.9. The molecular weight excluding hydrogens is 234 g/mol. The Hall–Kier alpha value is -1.61. The molecule has 2 N–H and O–H groups in total. The maximum Gasteiger partial charge on any atom is 0.110 e. The van der Waals surface area contributed by atoms with Crippen LogP contribution in [-0.2, 0) is 6.42 Å². The second-order valence-corrected chi connectivity index (χ2v) is 5.32. The van der Waals surface area contributed by atoms with Crippen molar-refractivity contribution in [2.24, 2.45) is 0 Å². The fourth-order valence-corrected chi connectivity index (χ4v) is 2.72. The molecule has 0 radical (unpaired) electrons. The van der Waals surface area contributed by atoms with E-state index < -0.39 is 0 Å². The van der Waals surface area contributed by atoms with Gasteiger partial charge in [0.1, 0.15) is 5.82 Å². The van der Waals surface area contributed by atoms with Gasteiger partial charge in [0, 0.05) is 12.5 Å². The lowest BCUT2D eigenvalue weighted by atomic mass is 10.1. The Bertz CT molecular complexity index is 521. The molecule has 1 unspecified atom stereocenters. The summed E-state index contributed by atoms with van der Waals surface area (Å²) in [4.78, 5) is 8.01. The van der Waals surface area contributed by atoms with Crippen LogP contribution in [0.5, 0.6) is 0 Å². The average molecular weight is 255 g/mol.